The maximum atomic E-state index is 11.3. The molecule has 0 atom stereocenters. The van der Waals surface area contributed by atoms with Crippen molar-refractivity contribution in [2.45, 2.75) is 6.92 Å². The SMILES string of the molecule is CCN1CCN(c2nc(N(C)C)nc(N)c2[N+](=O)[O-])CC1. The molecule has 9 heteroatoms. The first-order valence-electron chi connectivity index (χ1n) is 6.90. The molecule has 2 rings (SSSR count). The number of rotatable bonds is 4. The normalized spacial score (nSPS) is 16.0. The average Bonchev–Trinajstić information content (AvgIpc) is 2.46. The summed E-state index contributed by atoms with van der Waals surface area (Å²) in [7, 11) is 3.55. The molecule has 9 nitrogen and oxygen atoms in total. The van der Waals surface area contributed by atoms with E-state index in [0.717, 1.165) is 19.6 Å². The summed E-state index contributed by atoms with van der Waals surface area (Å²) < 4.78 is 0. The quantitative estimate of drug-likeness (QED) is 0.619. The molecule has 0 unspecified atom stereocenters. The Morgan fingerprint density at radius 1 is 1.29 bits per heavy atom. The van der Waals surface area contributed by atoms with Crippen molar-refractivity contribution in [2.24, 2.45) is 0 Å². The van der Waals surface area contributed by atoms with Crippen molar-refractivity contribution >= 4 is 23.3 Å². The lowest BCUT2D eigenvalue weighted by atomic mass is 10.3. The molecule has 116 valence electrons. The maximum Gasteiger partial charge on any atom is 0.353 e. The van der Waals surface area contributed by atoms with E-state index in [1.54, 1.807) is 19.0 Å². The van der Waals surface area contributed by atoms with E-state index in [0.29, 0.717) is 24.9 Å². The molecule has 2 heterocycles. The first-order chi connectivity index (χ1) is 9.93. The van der Waals surface area contributed by atoms with Gasteiger partial charge in [-0.3, -0.25) is 10.1 Å². The Balaban J connectivity index is 2.38. The van der Waals surface area contributed by atoms with Gasteiger partial charge in [0.2, 0.25) is 17.6 Å². The zero-order chi connectivity index (χ0) is 15.6. The number of likely N-dealkylation sites (N-methyl/N-ethyl adjacent to an activating group) is 1. The highest BCUT2D eigenvalue weighted by molar-refractivity contribution is 5.71. The fraction of sp³-hybridized carbons (Fsp3) is 0.667. The lowest BCUT2D eigenvalue weighted by Crippen LogP contribution is -2.46. The molecule has 2 N–H and O–H groups in total. The number of aromatic nitrogens is 2. The minimum absolute atomic E-state index is 0.0911. The molecule has 0 radical (unpaired) electrons. The summed E-state index contributed by atoms with van der Waals surface area (Å²) >= 11 is 0. The van der Waals surface area contributed by atoms with Gasteiger partial charge in [0.1, 0.15) is 0 Å². The summed E-state index contributed by atoms with van der Waals surface area (Å²) in [5.74, 6) is 0.601. The molecule has 1 saturated heterocycles. The topological polar surface area (TPSA) is 105 Å². The van der Waals surface area contributed by atoms with Crippen molar-refractivity contribution in [3.05, 3.63) is 10.1 Å². The van der Waals surface area contributed by atoms with E-state index in [1.807, 2.05) is 4.90 Å². The molecule has 1 aromatic heterocycles. The molecule has 21 heavy (non-hydrogen) atoms. The predicted molar refractivity (Wildman–Crippen MR) is 81.8 cm³/mol. The van der Waals surface area contributed by atoms with Gasteiger partial charge in [-0.05, 0) is 6.54 Å². The van der Waals surface area contributed by atoms with Crippen LogP contribution < -0.4 is 15.5 Å². The highest BCUT2D eigenvalue weighted by atomic mass is 16.6. The highest BCUT2D eigenvalue weighted by Gasteiger charge is 2.29. The maximum absolute atomic E-state index is 11.3. The van der Waals surface area contributed by atoms with Crippen molar-refractivity contribution in [3.63, 3.8) is 0 Å². The van der Waals surface area contributed by atoms with Crippen LogP contribution in [-0.2, 0) is 0 Å². The van der Waals surface area contributed by atoms with Crippen LogP contribution in [0.2, 0.25) is 0 Å². The second-order valence-electron chi connectivity index (χ2n) is 5.15. The summed E-state index contributed by atoms with van der Waals surface area (Å²) in [6.45, 7) is 6.18. The van der Waals surface area contributed by atoms with Crippen LogP contribution in [0.1, 0.15) is 6.92 Å². The van der Waals surface area contributed by atoms with Gasteiger partial charge in [-0.1, -0.05) is 6.92 Å². The third-order valence-corrected chi connectivity index (χ3v) is 3.58. The molecule has 1 aromatic rings. The first-order valence-corrected chi connectivity index (χ1v) is 6.90. The molecule has 0 aromatic carbocycles. The third-order valence-electron chi connectivity index (χ3n) is 3.58. The van der Waals surface area contributed by atoms with Crippen LogP contribution >= 0.6 is 0 Å². The number of nitrogens with zero attached hydrogens (tertiary/aromatic N) is 6. The van der Waals surface area contributed by atoms with Crippen LogP contribution in [0.5, 0.6) is 0 Å². The Morgan fingerprint density at radius 3 is 2.38 bits per heavy atom. The molecule has 0 saturated carbocycles. The summed E-state index contributed by atoms with van der Waals surface area (Å²) in [5, 5.41) is 11.3. The van der Waals surface area contributed by atoms with Crippen molar-refractivity contribution in [3.8, 4) is 0 Å². The van der Waals surface area contributed by atoms with E-state index >= 15 is 0 Å². The highest BCUT2D eigenvalue weighted by Crippen LogP contribution is 2.32. The number of anilines is 3. The van der Waals surface area contributed by atoms with E-state index < -0.39 is 4.92 Å². The second kappa shape index (κ2) is 6.08. The minimum atomic E-state index is -0.504. The Morgan fingerprint density at radius 2 is 1.90 bits per heavy atom. The van der Waals surface area contributed by atoms with E-state index in [9.17, 15) is 10.1 Å². The molecule has 0 bridgehead atoms. The fourth-order valence-electron chi connectivity index (χ4n) is 2.32. The van der Waals surface area contributed by atoms with Crippen LogP contribution in [0.15, 0.2) is 0 Å². The Bertz CT molecular complexity index is 527. The van der Waals surface area contributed by atoms with Gasteiger partial charge in [0.25, 0.3) is 0 Å². The number of piperazine rings is 1. The second-order valence-corrected chi connectivity index (χ2v) is 5.15. The lowest BCUT2D eigenvalue weighted by Gasteiger charge is -2.34. The summed E-state index contributed by atoms with van der Waals surface area (Å²) in [4.78, 5) is 25.0. The van der Waals surface area contributed by atoms with Gasteiger partial charge in [-0.2, -0.15) is 9.97 Å². The zero-order valence-electron chi connectivity index (χ0n) is 12.6. The van der Waals surface area contributed by atoms with Crippen LogP contribution in [0, 0.1) is 10.1 Å². The van der Waals surface area contributed by atoms with Crippen molar-refractivity contribution in [1.29, 1.82) is 0 Å². The largest absolute Gasteiger partial charge is 0.378 e. The van der Waals surface area contributed by atoms with Gasteiger partial charge in [0, 0.05) is 40.3 Å². The monoisotopic (exact) mass is 295 g/mol. The van der Waals surface area contributed by atoms with Gasteiger partial charge in [-0.15, -0.1) is 0 Å². The molecule has 0 amide bonds. The molecule has 1 aliphatic rings. The molecule has 1 aliphatic heterocycles. The van der Waals surface area contributed by atoms with E-state index in [2.05, 4.69) is 21.8 Å². The van der Waals surface area contributed by atoms with Gasteiger partial charge >= 0.3 is 5.69 Å². The van der Waals surface area contributed by atoms with Crippen molar-refractivity contribution < 1.29 is 4.92 Å². The molecule has 0 spiro atoms. The van der Waals surface area contributed by atoms with Crippen molar-refractivity contribution in [1.82, 2.24) is 14.9 Å². The molecule has 0 aliphatic carbocycles. The van der Waals surface area contributed by atoms with Crippen LogP contribution in [0.3, 0.4) is 0 Å². The van der Waals surface area contributed by atoms with E-state index in [4.69, 9.17) is 5.73 Å². The van der Waals surface area contributed by atoms with Crippen LogP contribution in [-0.4, -0.2) is 66.6 Å². The Labute approximate surface area is 123 Å². The molecule has 1 fully saturated rings. The fourth-order valence-corrected chi connectivity index (χ4v) is 2.32. The number of nitrogen functional groups attached to an aromatic ring is 1. The Hall–Kier alpha value is -2.16. The van der Waals surface area contributed by atoms with Gasteiger partial charge in [0.05, 0.1) is 4.92 Å². The van der Waals surface area contributed by atoms with Gasteiger partial charge < -0.3 is 20.4 Å². The number of nitro groups is 1. The van der Waals surface area contributed by atoms with Crippen LogP contribution in [0.25, 0.3) is 0 Å². The standard InChI is InChI=1S/C12H21N7O2/c1-4-17-5-7-18(8-6-17)11-9(19(20)21)10(13)14-12(15-11)16(2)3/h4-8H2,1-3H3,(H2,13,14,15). The van der Waals surface area contributed by atoms with Gasteiger partial charge in [-0.25, -0.2) is 0 Å². The number of nitrogens with two attached hydrogens (primary N) is 1. The number of hydrogen-bond donors (Lipinski definition) is 1. The number of hydrogen-bond acceptors (Lipinski definition) is 8. The van der Waals surface area contributed by atoms with Crippen LogP contribution in [0.4, 0.5) is 23.3 Å². The lowest BCUT2D eigenvalue weighted by molar-refractivity contribution is -0.383. The summed E-state index contributed by atoms with van der Waals surface area (Å²) in [6.07, 6.45) is 0. The van der Waals surface area contributed by atoms with Gasteiger partial charge in [0.15, 0.2) is 0 Å². The Kier molecular flexibility index (Phi) is 4.41. The molecular formula is C12H21N7O2. The average molecular weight is 295 g/mol. The zero-order valence-corrected chi connectivity index (χ0v) is 12.6. The summed E-state index contributed by atoms with van der Waals surface area (Å²) in [6, 6.07) is 0. The van der Waals surface area contributed by atoms with E-state index in [-0.39, 0.29) is 11.5 Å². The first kappa shape index (κ1) is 15.2. The van der Waals surface area contributed by atoms with E-state index in [1.165, 1.54) is 0 Å². The predicted octanol–water partition coefficient (Wildman–Crippen LogP) is 0.175. The minimum Gasteiger partial charge on any atom is -0.378 e. The molecular weight excluding hydrogens is 274 g/mol. The smallest absolute Gasteiger partial charge is 0.353 e. The van der Waals surface area contributed by atoms with Crippen molar-refractivity contribution in [2.75, 3.05) is 62.4 Å². The third kappa shape index (κ3) is 3.13. The summed E-state index contributed by atoms with van der Waals surface area (Å²) in [5.41, 5.74) is 5.56.